The molecule has 2 aromatic heterocycles. The van der Waals surface area contributed by atoms with Crippen LogP contribution in [-0.2, 0) is 0 Å². The van der Waals surface area contributed by atoms with Gasteiger partial charge < -0.3 is 10.1 Å². The summed E-state index contributed by atoms with van der Waals surface area (Å²) < 4.78 is 5.04. The molecule has 0 aliphatic carbocycles. The van der Waals surface area contributed by atoms with Crippen LogP contribution in [0.15, 0.2) is 36.9 Å². The molecule has 1 N–H and O–H groups in total. The fourth-order valence-electron chi connectivity index (χ4n) is 1.49. The number of nitrogens with zero attached hydrogens (tertiary/aromatic N) is 3. The third kappa shape index (κ3) is 2.90. The molecule has 0 aliphatic rings. The van der Waals surface area contributed by atoms with E-state index < -0.39 is 0 Å². The van der Waals surface area contributed by atoms with E-state index in [1.165, 1.54) is 6.33 Å². The Hall–Kier alpha value is -2.17. The van der Waals surface area contributed by atoms with E-state index in [1.54, 1.807) is 25.6 Å². The summed E-state index contributed by atoms with van der Waals surface area (Å²) >= 11 is 0. The molecule has 0 amide bonds. The molecule has 0 spiro atoms. The SMILES string of the molecule is COc1cc(NC(C)c2ccncc2)ncn1. The highest BCUT2D eigenvalue weighted by atomic mass is 16.5. The molecule has 1 atom stereocenters. The van der Waals surface area contributed by atoms with Crippen molar-refractivity contribution in [3.63, 3.8) is 0 Å². The van der Waals surface area contributed by atoms with E-state index in [1.807, 2.05) is 12.1 Å². The Bertz CT molecular complexity index is 475. The van der Waals surface area contributed by atoms with Gasteiger partial charge in [-0.3, -0.25) is 4.98 Å². The second-order valence-electron chi connectivity index (χ2n) is 3.59. The van der Waals surface area contributed by atoms with Crippen molar-refractivity contribution in [1.82, 2.24) is 15.0 Å². The van der Waals surface area contributed by atoms with Crippen LogP contribution < -0.4 is 10.1 Å². The summed E-state index contributed by atoms with van der Waals surface area (Å²) in [6, 6.07) is 5.85. The fraction of sp³-hybridized carbons (Fsp3) is 0.250. The van der Waals surface area contributed by atoms with Crippen molar-refractivity contribution in [2.24, 2.45) is 0 Å². The van der Waals surface area contributed by atoms with Crippen molar-refractivity contribution in [3.8, 4) is 5.88 Å². The Morgan fingerprint density at radius 2 is 2.00 bits per heavy atom. The molecule has 2 rings (SSSR count). The van der Waals surface area contributed by atoms with Crippen LogP contribution in [0.2, 0.25) is 0 Å². The van der Waals surface area contributed by atoms with Crippen molar-refractivity contribution < 1.29 is 4.74 Å². The Morgan fingerprint density at radius 1 is 1.24 bits per heavy atom. The number of pyridine rings is 1. The van der Waals surface area contributed by atoms with Gasteiger partial charge in [0, 0.05) is 18.5 Å². The molecular formula is C12H14N4O. The number of methoxy groups -OCH3 is 1. The Labute approximate surface area is 99.9 Å². The molecule has 0 saturated carbocycles. The average molecular weight is 230 g/mol. The van der Waals surface area contributed by atoms with Crippen LogP contribution in [0.25, 0.3) is 0 Å². The summed E-state index contributed by atoms with van der Waals surface area (Å²) in [5.74, 6) is 1.28. The maximum Gasteiger partial charge on any atom is 0.218 e. The molecule has 1 unspecified atom stereocenters. The van der Waals surface area contributed by atoms with Gasteiger partial charge in [0.2, 0.25) is 5.88 Å². The summed E-state index contributed by atoms with van der Waals surface area (Å²) in [5, 5.41) is 3.27. The molecule has 88 valence electrons. The van der Waals surface area contributed by atoms with Gasteiger partial charge in [-0.25, -0.2) is 9.97 Å². The lowest BCUT2D eigenvalue weighted by Crippen LogP contribution is -2.08. The van der Waals surface area contributed by atoms with E-state index in [-0.39, 0.29) is 6.04 Å². The number of hydrogen-bond donors (Lipinski definition) is 1. The summed E-state index contributed by atoms with van der Waals surface area (Å²) in [7, 11) is 1.58. The van der Waals surface area contributed by atoms with Gasteiger partial charge in [0.05, 0.1) is 13.2 Å². The highest BCUT2D eigenvalue weighted by molar-refractivity contribution is 5.39. The van der Waals surface area contributed by atoms with Crippen LogP contribution in [0.5, 0.6) is 5.88 Å². The number of rotatable bonds is 4. The maximum absolute atomic E-state index is 5.04. The molecule has 5 nitrogen and oxygen atoms in total. The van der Waals surface area contributed by atoms with E-state index in [0.29, 0.717) is 5.88 Å². The van der Waals surface area contributed by atoms with Gasteiger partial charge >= 0.3 is 0 Å². The standard InChI is InChI=1S/C12H14N4O/c1-9(10-3-5-13-6-4-10)16-11-7-12(17-2)15-8-14-11/h3-9H,1-2H3,(H,14,15,16). The summed E-state index contributed by atoms with van der Waals surface area (Å²) in [6.07, 6.45) is 5.02. The van der Waals surface area contributed by atoms with Gasteiger partial charge in [-0.05, 0) is 24.6 Å². The second-order valence-corrected chi connectivity index (χ2v) is 3.59. The number of anilines is 1. The van der Waals surface area contributed by atoms with Crippen LogP contribution in [-0.4, -0.2) is 22.1 Å². The largest absolute Gasteiger partial charge is 0.481 e. The van der Waals surface area contributed by atoms with E-state index in [9.17, 15) is 0 Å². The van der Waals surface area contributed by atoms with E-state index in [4.69, 9.17) is 4.74 Å². The van der Waals surface area contributed by atoms with Gasteiger partial charge in [-0.2, -0.15) is 0 Å². The topological polar surface area (TPSA) is 59.9 Å². The van der Waals surface area contributed by atoms with Crippen molar-refractivity contribution in [1.29, 1.82) is 0 Å². The van der Waals surface area contributed by atoms with Gasteiger partial charge in [0.15, 0.2) is 0 Å². The number of nitrogens with one attached hydrogen (secondary N) is 1. The molecule has 5 heteroatoms. The minimum atomic E-state index is 0.151. The van der Waals surface area contributed by atoms with Crippen LogP contribution in [0.1, 0.15) is 18.5 Å². The highest BCUT2D eigenvalue weighted by Gasteiger charge is 2.06. The van der Waals surface area contributed by atoms with Gasteiger partial charge in [0.25, 0.3) is 0 Å². The molecule has 0 saturated heterocycles. The lowest BCUT2D eigenvalue weighted by molar-refractivity contribution is 0.397. The summed E-state index contributed by atoms with van der Waals surface area (Å²) in [6.45, 7) is 2.06. The lowest BCUT2D eigenvalue weighted by Gasteiger charge is -2.14. The number of hydrogen-bond acceptors (Lipinski definition) is 5. The van der Waals surface area contributed by atoms with Crippen LogP contribution in [0.4, 0.5) is 5.82 Å². The van der Waals surface area contributed by atoms with Crippen LogP contribution in [0.3, 0.4) is 0 Å². The quantitative estimate of drug-likeness (QED) is 0.871. The predicted molar refractivity (Wildman–Crippen MR) is 64.9 cm³/mol. The first kappa shape index (κ1) is 11.3. The van der Waals surface area contributed by atoms with Crippen LogP contribution in [0, 0.1) is 0 Å². The summed E-state index contributed by atoms with van der Waals surface area (Å²) in [5.41, 5.74) is 1.15. The highest BCUT2D eigenvalue weighted by Crippen LogP contribution is 2.18. The predicted octanol–water partition coefficient (Wildman–Crippen LogP) is 2.05. The molecule has 0 fully saturated rings. The van der Waals surface area contributed by atoms with Gasteiger partial charge in [0.1, 0.15) is 12.1 Å². The van der Waals surface area contributed by atoms with E-state index in [0.717, 1.165) is 11.4 Å². The molecule has 17 heavy (non-hydrogen) atoms. The zero-order chi connectivity index (χ0) is 12.1. The molecule has 2 heterocycles. The first-order chi connectivity index (χ1) is 8.29. The minimum Gasteiger partial charge on any atom is -0.481 e. The van der Waals surface area contributed by atoms with E-state index >= 15 is 0 Å². The molecule has 0 bridgehead atoms. The van der Waals surface area contributed by atoms with Crippen molar-refractivity contribution >= 4 is 5.82 Å². The number of ether oxygens (including phenoxy) is 1. The van der Waals surface area contributed by atoms with Crippen molar-refractivity contribution in [2.45, 2.75) is 13.0 Å². The minimum absolute atomic E-state index is 0.151. The van der Waals surface area contributed by atoms with Gasteiger partial charge in [-0.1, -0.05) is 0 Å². The first-order valence-electron chi connectivity index (χ1n) is 5.32. The molecular weight excluding hydrogens is 216 g/mol. The summed E-state index contributed by atoms with van der Waals surface area (Å²) in [4.78, 5) is 12.1. The van der Waals surface area contributed by atoms with E-state index in [2.05, 4.69) is 27.2 Å². The number of aromatic nitrogens is 3. The normalized spacial score (nSPS) is 11.9. The second kappa shape index (κ2) is 5.25. The lowest BCUT2D eigenvalue weighted by atomic mass is 10.1. The average Bonchev–Trinajstić information content (AvgIpc) is 2.40. The molecule has 2 aromatic rings. The monoisotopic (exact) mass is 230 g/mol. The molecule has 0 aromatic carbocycles. The maximum atomic E-state index is 5.04. The third-order valence-corrected chi connectivity index (χ3v) is 2.42. The smallest absolute Gasteiger partial charge is 0.218 e. The van der Waals surface area contributed by atoms with Crippen molar-refractivity contribution in [2.75, 3.05) is 12.4 Å². The van der Waals surface area contributed by atoms with Gasteiger partial charge in [-0.15, -0.1) is 0 Å². The Morgan fingerprint density at radius 3 is 2.71 bits per heavy atom. The Balaban J connectivity index is 2.10. The van der Waals surface area contributed by atoms with Crippen molar-refractivity contribution in [3.05, 3.63) is 42.5 Å². The Kier molecular flexibility index (Phi) is 3.49. The zero-order valence-corrected chi connectivity index (χ0v) is 9.79. The third-order valence-electron chi connectivity index (χ3n) is 2.42. The fourth-order valence-corrected chi connectivity index (χ4v) is 1.49. The zero-order valence-electron chi connectivity index (χ0n) is 9.79. The molecule has 0 radical (unpaired) electrons. The molecule has 0 aliphatic heterocycles. The first-order valence-corrected chi connectivity index (χ1v) is 5.32. The van der Waals surface area contributed by atoms with Crippen LogP contribution >= 0.6 is 0 Å².